The number of pyridine rings is 1. The Morgan fingerprint density at radius 3 is 2.88 bits per heavy atom. The predicted octanol–water partition coefficient (Wildman–Crippen LogP) is 0.753. The van der Waals surface area contributed by atoms with Gasteiger partial charge >= 0.3 is 0 Å². The largest absolute Gasteiger partial charge is 0.364 e. The van der Waals surface area contributed by atoms with Crippen molar-refractivity contribution in [2.75, 3.05) is 0 Å². The van der Waals surface area contributed by atoms with Crippen molar-refractivity contribution in [3.05, 3.63) is 34.0 Å². The lowest BCUT2D eigenvalue weighted by atomic mass is 10.2. The molecule has 2 aromatic heterocycles. The van der Waals surface area contributed by atoms with Gasteiger partial charge in [-0.3, -0.25) is 4.79 Å². The lowest BCUT2D eigenvalue weighted by Gasteiger charge is -1.95. The molecule has 0 saturated carbocycles. The van der Waals surface area contributed by atoms with E-state index in [1.807, 2.05) is 0 Å². The summed E-state index contributed by atoms with van der Waals surface area (Å²) in [4.78, 5) is 18.6. The van der Waals surface area contributed by atoms with E-state index in [-0.39, 0.29) is 17.4 Å². The molecule has 3 N–H and O–H groups in total. The molecule has 6 nitrogen and oxygen atoms in total. The van der Waals surface area contributed by atoms with Crippen LogP contribution in [0.25, 0.3) is 11.5 Å². The van der Waals surface area contributed by atoms with E-state index in [0.29, 0.717) is 11.4 Å². The summed E-state index contributed by atoms with van der Waals surface area (Å²) >= 11 is 0. The molecule has 2 aromatic rings. The topological polar surface area (TPSA) is 97.8 Å². The molecule has 0 saturated heterocycles. The molecule has 84 valence electrons. The van der Waals surface area contributed by atoms with Gasteiger partial charge in [0.2, 0.25) is 0 Å². The molecule has 0 bridgehead atoms. The van der Waals surface area contributed by atoms with Crippen molar-refractivity contribution in [2.24, 2.45) is 5.73 Å². The Morgan fingerprint density at radius 2 is 2.31 bits per heavy atom. The van der Waals surface area contributed by atoms with Crippen LogP contribution in [0.3, 0.4) is 0 Å². The van der Waals surface area contributed by atoms with Crippen molar-refractivity contribution in [1.82, 2.24) is 15.1 Å². The molecule has 6 heteroatoms. The highest BCUT2D eigenvalue weighted by atomic mass is 16.5. The summed E-state index contributed by atoms with van der Waals surface area (Å²) in [6.45, 7) is 3.54. The van der Waals surface area contributed by atoms with Gasteiger partial charge in [-0.1, -0.05) is 5.16 Å². The summed E-state index contributed by atoms with van der Waals surface area (Å²) in [6, 6.07) is 1.16. The van der Waals surface area contributed by atoms with E-state index >= 15 is 0 Å². The van der Waals surface area contributed by atoms with E-state index in [0.717, 1.165) is 5.69 Å². The fourth-order valence-corrected chi connectivity index (χ4v) is 1.27. The lowest BCUT2D eigenvalue weighted by molar-refractivity contribution is 0.418. The Balaban J connectivity index is 2.47. The number of aryl methyl sites for hydroxylation is 1. The van der Waals surface area contributed by atoms with Crippen LogP contribution >= 0.6 is 0 Å². The molecule has 1 unspecified atom stereocenters. The summed E-state index contributed by atoms with van der Waals surface area (Å²) in [5.74, 6) is 0.573. The molecule has 0 aromatic carbocycles. The SMILES string of the molecule is Cc1cc(=O)c(-c2nc(C(C)N)no2)c[nH]1. The van der Waals surface area contributed by atoms with Gasteiger partial charge in [0, 0.05) is 18.0 Å². The van der Waals surface area contributed by atoms with Crippen molar-refractivity contribution in [3.63, 3.8) is 0 Å². The van der Waals surface area contributed by atoms with E-state index in [1.54, 1.807) is 20.0 Å². The molecule has 0 aliphatic heterocycles. The van der Waals surface area contributed by atoms with Crippen molar-refractivity contribution in [2.45, 2.75) is 19.9 Å². The molecule has 0 fully saturated rings. The summed E-state index contributed by atoms with van der Waals surface area (Å²) in [5.41, 5.74) is 6.57. The van der Waals surface area contributed by atoms with Gasteiger partial charge in [-0.25, -0.2) is 0 Å². The van der Waals surface area contributed by atoms with Crippen LogP contribution in [-0.2, 0) is 0 Å². The van der Waals surface area contributed by atoms with Crippen molar-refractivity contribution < 1.29 is 4.52 Å². The van der Waals surface area contributed by atoms with E-state index in [1.165, 1.54) is 6.07 Å². The molecular formula is C10H12N4O2. The summed E-state index contributed by atoms with van der Waals surface area (Å²) < 4.78 is 4.97. The van der Waals surface area contributed by atoms with Gasteiger partial charge < -0.3 is 15.2 Å². The first-order chi connectivity index (χ1) is 7.58. The molecule has 16 heavy (non-hydrogen) atoms. The van der Waals surface area contributed by atoms with Crippen LogP contribution in [0.5, 0.6) is 0 Å². The maximum Gasteiger partial charge on any atom is 0.263 e. The van der Waals surface area contributed by atoms with Crippen LogP contribution < -0.4 is 11.2 Å². The molecule has 0 aliphatic rings. The summed E-state index contributed by atoms with van der Waals surface area (Å²) in [7, 11) is 0. The van der Waals surface area contributed by atoms with E-state index in [2.05, 4.69) is 15.1 Å². The Labute approximate surface area is 91.5 Å². The lowest BCUT2D eigenvalue weighted by Crippen LogP contribution is -2.08. The molecule has 0 aliphatic carbocycles. The Morgan fingerprint density at radius 1 is 1.56 bits per heavy atom. The number of nitrogens with zero attached hydrogens (tertiary/aromatic N) is 2. The third-order valence-electron chi connectivity index (χ3n) is 2.14. The molecular weight excluding hydrogens is 208 g/mol. The average Bonchev–Trinajstić information content (AvgIpc) is 2.66. The first-order valence-corrected chi connectivity index (χ1v) is 4.87. The summed E-state index contributed by atoms with van der Waals surface area (Å²) in [6.07, 6.45) is 1.55. The van der Waals surface area contributed by atoms with E-state index in [9.17, 15) is 4.79 Å². The quantitative estimate of drug-likeness (QED) is 0.778. The fraction of sp³-hybridized carbons (Fsp3) is 0.300. The van der Waals surface area contributed by atoms with Gasteiger partial charge in [-0.15, -0.1) is 0 Å². The minimum Gasteiger partial charge on any atom is -0.364 e. The van der Waals surface area contributed by atoms with Gasteiger partial charge in [0.15, 0.2) is 11.3 Å². The highest BCUT2D eigenvalue weighted by molar-refractivity contribution is 5.50. The van der Waals surface area contributed by atoms with Crippen LogP contribution in [0.2, 0.25) is 0 Å². The zero-order chi connectivity index (χ0) is 11.7. The molecule has 2 rings (SSSR count). The number of rotatable bonds is 2. The number of nitrogens with two attached hydrogens (primary N) is 1. The fourth-order valence-electron chi connectivity index (χ4n) is 1.27. The minimum atomic E-state index is -0.318. The average molecular weight is 220 g/mol. The van der Waals surface area contributed by atoms with Crippen LogP contribution in [0, 0.1) is 6.92 Å². The predicted molar refractivity (Wildman–Crippen MR) is 57.7 cm³/mol. The first-order valence-electron chi connectivity index (χ1n) is 4.87. The maximum atomic E-state index is 11.6. The smallest absolute Gasteiger partial charge is 0.263 e. The van der Waals surface area contributed by atoms with Gasteiger partial charge in [-0.05, 0) is 13.8 Å². The number of nitrogens with one attached hydrogen (secondary N) is 1. The maximum absolute atomic E-state index is 11.6. The highest BCUT2D eigenvalue weighted by Gasteiger charge is 2.14. The number of aromatic nitrogens is 3. The molecule has 0 amide bonds. The first kappa shape index (κ1) is 10.6. The summed E-state index contributed by atoms with van der Waals surface area (Å²) in [5, 5.41) is 3.69. The third kappa shape index (κ3) is 1.87. The normalized spacial score (nSPS) is 12.7. The minimum absolute atomic E-state index is 0.156. The number of aromatic amines is 1. The molecule has 0 radical (unpaired) electrons. The van der Waals surface area contributed by atoms with Crippen molar-refractivity contribution in [3.8, 4) is 11.5 Å². The number of H-pyrrole nitrogens is 1. The zero-order valence-electron chi connectivity index (χ0n) is 9.02. The number of hydrogen-bond donors (Lipinski definition) is 2. The molecule has 1 atom stereocenters. The van der Waals surface area contributed by atoms with E-state index in [4.69, 9.17) is 10.3 Å². The van der Waals surface area contributed by atoms with Crippen LogP contribution in [0.1, 0.15) is 24.5 Å². The third-order valence-corrected chi connectivity index (χ3v) is 2.14. The van der Waals surface area contributed by atoms with Crippen molar-refractivity contribution in [1.29, 1.82) is 0 Å². The monoisotopic (exact) mass is 220 g/mol. The van der Waals surface area contributed by atoms with Gasteiger partial charge in [0.25, 0.3) is 5.89 Å². The van der Waals surface area contributed by atoms with Crippen molar-refractivity contribution >= 4 is 0 Å². The zero-order valence-corrected chi connectivity index (χ0v) is 9.02. The Hall–Kier alpha value is -1.95. The Kier molecular flexibility index (Phi) is 2.57. The van der Waals surface area contributed by atoms with E-state index < -0.39 is 0 Å². The highest BCUT2D eigenvalue weighted by Crippen LogP contribution is 2.14. The van der Waals surface area contributed by atoms with Crippen LogP contribution in [0.4, 0.5) is 0 Å². The van der Waals surface area contributed by atoms with Crippen LogP contribution in [-0.4, -0.2) is 15.1 Å². The van der Waals surface area contributed by atoms with Gasteiger partial charge in [-0.2, -0.15) is 4.98 Å². The molecule has 0 spiro atoms. The molecule has 2 heterocycles. The Bertz CT molecular complexity index is 556. The van der Waals surface area contributed by atoms with Gasteiger partial charge in [0.1, 0.15) is 5.56 Å². The second-order valence-corrected chi connectivity index (χ2v) is 3.64. The number of hydrogen-bond acceptors (Lipinski definition) is 5. The second-order valence-electron chi connectivity index (χ2n) is 3.64. The van der Waals surface area contributed by atoms with Gasteiger partial charge in [0.05, 0.1) is 6.04 Å². The second kappa shape index (κ2) is 3.90. The standard InChI is InChI=1S/C10H12N4O2/c1-5-3-8(15)7(4-12-5)10-13-9(6(2)11)14-16-10/h3-4,6H,11H2,1-2H3,(H,12,15). The van der Waals surface area contributed by atoms with Crippen LogP contribution in [0.15, 0.2) is 21.6 Å².